The molecule has 7 rings (SSSR count). The average molecular weight is 626 g/mol. The highest BCUT2D eigenvalue weighted by Crippen LogP contribution is 2.52. The summed E-state index contributed by atoms with van der Waals surface area (Å²) in [6.45, 7) is 12.4. The molecule has 1 aromatic carbocycles. The van der Waals surface area contributed by atoms with Gasteiger partial charge in [0, 0.05) is 80.9 Å². The van der Waals surface area contributed by atoms with Gasteiger partial charge in [-0.3, -0.25) is 14.7 Å². The van der Waals surface area contributed by atoms with Crippen molar-refractivity contribution in [2.75, 3.05) is 75.1 Å². The summed E-state index contributed by atoms with van der Waals surface area (Å²) in [5.74, 6) is 0.297. The molecule has 0 bridgehead atoms. The number of piperidine rings is 1. The number of nitrogens with one attached hydrogen (secondary N) is 2. The predicted octanol–water partition coefficient (Wildman–Crippen LogP) is 4.20. The number of nitrogens with zero attached hydrogens (tertiary/aromatic N) is 6. The summed E-state index contributed by atoms with van der Waals surface area (Å²) >= 11 is 0. The number of primary amides is 1. The van der Waals surface area contributed by atoms with Gasteiger partial charge in [0.2, 0.25) is 0 Å². The Kier molecular flexibility index (Phi) is 8.56. The summed E-state index contributed by atoms with van der Waals surface area (Å²) in [4.78, 5) is 34.9. The molecule has 1 saturated carbocycles. The van der Waals surface area contributed by atoms with Crippen molar-refractivity contribution in [3.05, 3.63) is 53.3 Å². The van der Waals surface area contributed by atoms with E-state index in [0.717, 1.165) is 63.3 Å². The molecule has 1 atom stereocenters. The normalized spacial score (nSPS) is 22.2. The third-order valence-corrected chi connectivity index (χ3v) is 10.6. The van der Waals surface area contributed by atoms with Crippen molar-refractivity contribution in [2.45, 2.75) is 58.0 Å². The highest BCUT2D eigenvalue weighted by Gasteiger charge is 2.51. The lowest BCUT2D eigenvalue weighted by Gasteiger charge is -2.43. The molecule has 4 fully saturated rings. The van der Waals surface area contributed by atoms with Gasteiger partial charge in [-0.15, -0.1) is 0 Å². The number of pyridine rings is 1. The molecule has 1 aliphatic carbocycles. The van der Waals surface area contributed by atoms with E-state index < -0.39 is 5.91 Å². The quantitative estimate of drug-likeness (QED) is 0.336. The number of aryl methyl sites for hydroxylation is 2. The van der Waals surface area contributed by atoms with E-state index in [-0.39, 0.29) is 17.2 Å². The zero-order valence-electron chi connectivity index (χ0n) is 27.4. The lowest BCUT2D eigenvalue weighted by molar-refractivity contribution is 0.0351. The molecule has 3 aliphatic heterocycles. The first kappa shape index (κ1) is 30.8. The number of aromatic nitrogens is 3. The Balaban J connectivity index is 1.13. The Bertz CT molecular complexity index is 1580. The Morgan fingerprint density at radius 1 is 0.957 bits per heavy atom. The summed E-state index contributed by atoms with van der Waals surface area (Å²) in [6.07, 6.45) is 7.25. The fourth-order valence-corrected chi connectivity index (χ4v) is 7.50. The van der Waals surface area contributed by atoms with Crippen molar-refractivity contribution in [1.29, 1.82) is 0 Å². The molecule has 46 heavy (non-hydrogen) atoms. The Morgan fingerprint density at radius 2 is 1.74 bits per heavy atom. The average Bonchev–Trinajstić information content (AvgIpc) is 3.83. The van der Waals surface area contributed by atoms with Crippen molar-refractivity contribution in [2.24, 2.45) is 11.1 Å². The number of anilines is 4. The Hall–Kier alpha value is -3.80. The van der Waals surface area contributed by atoms with Crippen LogP contribution in [0.1, 0.15) is 53.7 Å². The van der Waals surface area contributed by atoms with Crippen LogP contribution in [0.5, 0.6) is 0 Å². The number of carbonyl (C=O) groups excluding carboxylic acids is 1. The largest absolute Gasteiger partial charge is 0.381 e. The van der Waals surface area contributed by atoms with E-state index in [1.165, 1.54) is 37.2 Å². The molecule has 1 unspecified atom stereocenters. The summed E-state index contributed by atoms with van der Waals surface area (Å²) in [5.41, 5.74) is 11.5. The fourth-order valence-electron chi connectivity index (χ4n) is 7.50. The lowest BCUT2D eigenvalue weighted by atomic mass is 9.92. The standard InChI is InChI=1S/C35H47N9O2/c1-23-5-4-13-37-29(23)30-33(39-28-10-20-46-22-35(28)11-12-35)41-34(31(40-30)32(36)45)38-25-6-7-27(24(2)21-25)44-14-8-26(9-15-44)43-18-16-42(3)17-19-43/h4-7,13,21,26,28H,8-12,14-20,22H2,1-3H3,(H2,36,45)(H2,38,39,41). The first-order valence-corrected chi connectivity index (χ1v) is 16.8. The van der Waals surface area contributed by atoms with E-state index in [9.17, 15) is 4.79 Å². The number of piperazine rings is 1. The van der Waals surface area contributed by atoms with Crippen LogP contribution in [0.4, 0.5) is 23.0 Å². The zero-order valence-corrected chi connectivity index (χ0v) is 27.4. The second-order valence-corrected chi connectivity index (χ2v) is 13.7. The van der Waals surface area contributed by atoms with Crippen molar-refractivity contribution >= 4 is 28.9 Å². The zero-order chi connectivity index (χ0) is 31.8. The molecule has 4 aliphatic rings. The summed E-state index contributed by atoms with van der Waals surface area (Å²) < 4.78 is 5.83. The second-order valence-electron chi connectivity index (χ2n) is 13.7. The number of hydrogen-bond donors (Lipinski definition) is 3. The Morgan fingerprint density at radius 3 is 2.43 bits per heavy atom. The molecule has 1 spiro atoms. The minimum atomic E-state index is -0.641. The van der Waals surface area contributed by atoms with Crippen LogP contribution >= 0.6 is 0 Å². The maximum absolute atomic E-state index is 12.8. The van der Waals surface area contributed by atoms with Crippen LogP contribution in [0.15, 0.2) is 36.5 Å². The fraction of sp³-hybridized carbons (Fsp3) is 0.543. The Labute approximate surface area is 271 Å². The highest BCUT2D eigenvalue weighted by atomic mass is 16.5. The smallest absolute Gasteiger partial charge is 0.271 e. The molecule has 4 N–H and O–H groups in total. The number of ether oxygens (including phenoxy) is 1. The van der Waals surface area contributed by atoms with Crippen LogP contribution in [0.25, 0.3) is 11.4 Å². The predicted molar refractivity (Wildman–Crippen MR) is 182 cm³/mol. The third-order valence-electron chi connectivity index (χ3n) is 10.6. The van der Waals surface area contributed by atoms with Crippen LogP contribution in [0.2, 0.25) is 0 Å². The molecular weight excluding hydrogens is 578 g/mol. The van der Waals surface area contributed by atoms with E-state index in [1.54, 1.807) is 6.20 Å². The van der Waals surface area contributed by atoms with Crippen molar-refractivity contribution in [1.82, 2.24) is 24.8 Å². The monoisotopic (exact) mass is 625 g/mol. The van der Waals surface area contributed by atoms with Crippen molar-refractivity contribution < 1.29 is 9.53 Å². The summed E-state index contributed by atoms with van der Waals surface area (Å²) in [7, 11) is 2.21. The van der Waals surface area contributed by atoms with E-state index in [1.807, 2.05) is 19.1 Å². The van der Waals surface area contributed by atoms with Gasteiger partial charge in [-0.05, 0) is 88.4 Å². The van der Waals surface area contributed by atoms with Crippen LogP contribution in [0, 0.1) is 19.3 Å². The van der Waals surface area contributed by atoms with E-state index in [4.69, 9.17) is 20.4 Å². The molecule has 11 nitrogen and oxygen atoms in total. The SMILES string of the molecule is Cc1cc(Nc2nc(NC3CCOCC34CC4)c(-c3ncccc3C)nc2C(N)=O)ccc1N1CCC(N2CCN(C)CC2)CC1. The van der Waals surface area contributed by atoms with Gasteiger partial charge in [0.25, 0.3) is 5.91 Å². The minimum absolute atomic E-state index is 0.0893. The van der Waals surface area contributed by atoms with Gasteiger partial charge in [0.1, 0.15) is 5.69 Å². The minimum Gasteiger partial charge on any atom is -0.381 e. The van der Waals surface area contributed by atoms with Gasteiger partial charge >= 0.3 is 0 Å². The molecule has 1 amide bonds. The number of benzene rings is 1. The summed E-state index contributed by atoms with van der Waals surface area (Å²) in [5, 5.41) is 7.11. The molecule has 244 valence electrons. The number of amides is 1. The third kappa shape index (κ3) is 6.28. The van der Waals surface area contributed by atoms with E-state index in [2.05, 4.69) is 62.5 Å². The van der Waals surface area contributed by atoms with Gasteiger partial charge < -0.3 is 30.9 Å². The number of likely N-dealkylation sites (N-methyl/N-ethyl adjacent to an activating group) is 1. The first-order valence-electron chi connectivity index (χ1n) is 16.8. The first-order chi connectivity index (χ1) is 22.3. The molecule has 5 heterocycles. The van der Waals surface area contributed by atoms with E-state index in [0.29, 0.717) is 35.7 Å². The van der Waals surface area contributed by atoms with Gasteiger partial charge in [-0.2, -0.15) is 0 Å². The topological polar surface area (TPSA) is 125 Å². The number of hydrogen-bond acceptors (Lipinski definition) is 10. The summed E-state index contributed by atoms with van der Waals surface area (Å²) in [6, 6.07) is 11.1. The van der Waals surface area contributed by atoms with Gasteiger partial charge in [-0.25, -0.2) is 9.97 Å². The molecule has 3 saturated heterocycles. The second kappa shape index (κ2) is 12.8. The van der Waals surface area contributed by atoms with Crippen molar-refractivity contribution in [3.63, 3.8) is 0 Å². The van der Waals surface area contributed by atoms with Crippen molar-refractivity contribution in [3.8, 4) is 11.4 Å². The van der Waals surface area contributed by atoms with Gasteiger partial charge in [-0.1, -0.05) is 6.07 Å². The van der Waals surface area contributed by atoms with E-state index >= 15 is 0 Å². The van der Waals surface area contributed by atoms with Crippen LogP contribution in [-0.2, 0) is 4.74 Å². The maximum atomic E-state index is 12.8. The molecule has 11 heteroatoms. The number of rotatable bonds is 8. The van der Waals surface area contributed by atoms with Gasteiger partial charge in [0.05, 0.1) is 12.3 Å². The molecule has 3 aromatic rings. The molecular formula is C35H47N9O2. The lowest BCUT2D eigenvalue weighted by Crippen LogP contribution is -2.52. The number of carbonyl (C=O) groups is 1. The van der Waals surface area contributed by atoms with Crippen LogP contribution in [-0.4, -0.2) is 102 Å². The van der Waals surface area contributed by atoms with Crippen LogP contribution in [0.3, 0.4) is 0 Å². The molecule has 2 aromatic heterocycles. The number of nitrogens with two attached hydrogens (primary N) is 1. The van der Waals surface area contributed by atoms with Gasteiger partial charge in [0.15, 0.2) is 17.3 Å². The van der Waals surface area contributed by atoms with Crippen LogP contribution < -0.4 is 21.3 Å². The highest BCUT2D eigenvalue weighted by molar-refractivity contribution is 5.97. The maximum Gasteiger partial charge on any atom is 0.271 e. The molecule has 0 radical (unpaired) electrons.